The summed E-state index contributed by atoms with van der Waals surface area (Å²) in [7, 11) is 0. The largest absolute Gasteiger partial charge is 0.459 e. The van der Waals surface area contributed by atoms with Gasteiger partial charge in [-0.05, 0) is 30.0 Å². The Kier molecular flexibility index (Phi) is 6.78. The van der Waals surface area contributed by atoms with Gasteiger partial charge in [0, 0.05) is 18.5 Å². The summed E-state index contributed by atoms with van der Waals surface area (Å²) in [5.41, 5.74) is 2.06. The molecule has 3 aromatic rings. The Morgan fingerprint density at radius 2 is 1.97 bits per heavy atom. The van der Waals surface area contributed by atoms with Gasteiger partial charge in [0.15, 0.2) is 12.4 Å². The number of ether oxygens (including phenoxy) is 1. The fraction of sp³-hybridized carbons (Fsp3) is 0.333. The molecule has 152 valence electrons. The molecule has 0 atom stereocenters. The molecule has 0 bridgehead atoms. The molecule has 0 fully saturated rings. The molecule has 0 radical (unpaired) electrons. The number of hydrogen-bond acceptors (Lipinski definition) is 7. The van der Waals surface area contributed by atoms with Gasteiger partial charge >= 0.3 is 5.97 Å². The summed E-state index contributed by atoms with van der Waals surface area (Å²) in [4.78, 5) is 27.8. The molecule has 0 unspecified atom stereocenters. The molecule has 0 saturated heterocycles. The normalized spacial score (nSPS) is 10.9. The van der Waals surface area contributed by atoms with E-state index < -0.39 is 5.97 Å². The van der Waals surface area contributed by atoms with Crippen LogP contribution in [0.25, 0.3) is 11.4 Å². The van der Waals surface area contributed by atoms with E-state index in [1.165, 1.54) is 11.8 Å². The number of esters is 1. The van der Waals surface area contributed by atoms with E-state index in [9.17, 15) is 9.59 Å². The van der Waals surface area contributed by atoms with Gasteiger partial charge in [0.05, 0.1) is 6.26 Å². The van der Waals surface area contributed by atoms with Crippen molar-refractivity contribution in [2.24, 2.45) is 0 Å². The van der Waals surface area contributed by atoms with Crippen LogP contribution in [0.15, 0.2) is 51.6 Å². The Hall–Kier alpha value is -3.42. The molecule has 3 rings (SSSR count). The van der Waals surface area contributed by atoms with E-state index in [2.05, 4.69) is 29.3 Å². The van der Waals surface area contributed by atoms with Crippen molar-refractivity contribution in [3.8, 4) is 11.4 Å². The number of hydrogen-bond donors (Lipinski definition) is 1. The molecule has 0 aliphatic rings. The summed E-state index contributed by atoms with van der Waals surface area (Å²) in [6.45, 7) is 4.51. The standard InChI is InChI=1S/C21H23N3O5/c1-14(2)15-7-9-16(10-8-15)20-23-18(29-24-20)13-28-19(25)6-3-11-22-21(26)17-5-4-12-27-17/h4-5,7-10,12,14H,3,6,11,13H2,1-2H3,(H,22,26). The predicted octanol–water partition coefficient (Wildman–Crippen LogP) is 3.71. The Morgan fingerprint density at radius 1 is 1.17 bits per heavy atom. The highest BCUT2D eigenvalue weighted by Crippen LogP contribution is 2.20. The SMILES string of the molecule is CC(C)c1ccc(-c2noc(COC(=O)CCCNC(=O)c3ccco3)n2)cc1. The Bertz CT molecular complexity index is 930. The first kappa shape index (κ1) is 20.3. The zero-order chi connectivity index (χ0) is 20.6. The van der Waals surface area contributed by atoms with Gasteiger partial charge in [-0.3, -0.25) is 9.59 Å². The zero-order valence-corrected chi connectivity index (χ0v) is 16.4. The molecule has 2 aromatic heterocycles. The van der Waals surface area contributed by atoms with Crippen molar-refractivity contribution in [2.45, 2.75) is 39.2 Å². The molecule has 8 heteroatoms. The Morgan fingerprint density at radius 3 is 2.66 bits per heavy atom. The summed E-state index contributed by atoms with van der Waals surface area (Å²) in [5.74, 6) is 0.641. The fourth-order valence-electron chi connectivity index (χ4n) is 2.59. The van der Waals surface area contributed by atoms with E-state index in [1.807, 2.05) is 24.3 Å². The highest BCUT2D eigenvalue weighted by Gasteiger charge is 2.12. The highest BCUT2D eigenvalue weighted by molar-refractivity contribution is 5.91. The number of furan rings is 1. The lowest BCUT2D eigenvalue weighted by atomic mass is 10.0. The van der Waals surface area contributed by atoms with Crippen LogP contribution >= 0.6 is 0 Å². The van der Waals surface area contributed by atoms with Crippen LogP contribution in [0.2, 0.25) is 0 Å². The predicted molar refractivity (Wildman–Crippen MR) is 104 cm³/mol. The van der Waals surface area contributed by atoms with Crippen LogP contribution in [0.1, 0.15) is 54.6 Å². The van der Waals surface area contributed by atoms with E-state index in [1.54, 1.807) is 12.1 Å². The molecular weight excluding hydrogens is 374 g/mol. The van der Waals surface area contributed by atoms with Crippen LogP contribution in [-0.4, -0.2) is 28.6 Å². The van der Waals surface area contributed by atoms with E-state index in [0.717, 1.165) is 5.56 Å². The average molecular weight is 397 g/mol. The quantitative estimate of drug-likeness (QED) is 0.433. The van der Waals surface area contributed by atoms with Crippen LogP contribution in [0.3, 0.4) is 0 Å². The first-order valence-electron chi connectivity index (χ1n) is 9.43. The minimum atomic E-state index is -0.404. The third-order valence-corrected chi connectivity index (χ3v) is 4.25. The van der Waals surface area contributed by atoms with Crippen molar-refractivity contribution in [3.05, 3.63) is 59.9 Å². The maximum Gasteiger partial charge on any atom is 0.306 e. The first-order chi connectivity index (χ1) is 14.0. The number of nitrogens with zero attached hydrogens (tertiary/aromatic N) is 2. The summed E-state index contributed by atoms with van der Waals surface area (Å²) in [5, 5.41) is 6.59. The molecule has 0 aliphatic carbocycles. The zero-order valence-electron chi connectivity index (χ0n) is 16.4. The minimum absolute atomic E-state index is 0.0886. The van der Waals surface area contributed by atoms with Crippen LogP contribution in [0.5, 0.6) is 0 Å². The number of rotatable bonds is 9. The van der Waals surface area contributed by atoms with Gasteiger partial charge in [-0.15, -0.1) is 0 Å². The fourth-order valence-corrected chi connectivity index (χ4v) is 2.59. The van der Waals surface area contributed by atoms with Crippen molar-refractivity contribution in [1.82, 2.24) is 15.5 Å². The number of carbonyl (C=O) groups is 2. The van der Waals surface area contributed by atoms with E-state index >= 15 is 0 Å². The van der Waals surface area contributed by atoms with Crippen molar-refractivity contribution < 1.29 is 23.3 Å². The lowest BCUT2D eigenvalue weighted by molar-refractivity contribution is -0.145. The second-order valence-electron chi connectivity index (χ2n) is 6.79. The van der Waals surface area contributed by atoms with Crippen molar-refractivity contribution in [1.29, 1.82) is 0 Å². The van der Waals surface area contributed by atoms with E-state index in [-0.39, 0.29) is 30.6 Å². The van der Waals surface area contributed by atoms with Gasteiger partial charge in [0.2, 0.25) is 5.82 Å². The molecule has 1 N–H and O–H groups in total. The second-order valence-corrected chi connectivity index (χ2v) is 6.79. The molecule has 1 amide bonds. The van der Waals surface area contributed by atoms with Gasteiger partial charge in [-0.25, -0.2) is 0 Å². The molecule has 1 aromatic carbocycles. The smallest absolute Gasteiger partial charge is 0.306 e. The average Bonchev–Trinajstić information content (AvgIpc) is 3.42. The third-order valence-electron chi connectivity index (χ3n) is 4.25. The van der Waals surface area contributed by atoms with Gasteiger partial charge in [0.1, 0.15) is 0 Å². The number of nitrogens with one attached hydrogen (secondary N) is 1. The highest BCUT2D eigenvalue weighted by atomic mass is 16.6. The third kappa shape index (κ3) is 5.78. The van der Waals surface area contributed by atoms with Gasteiger partial charge < -0.3 is 19.0 Å². The number of benzene rings is 1. The topological polar surface area (TPSA) is 107 Å². The molecule has 2 heterocycles. The van der Waals surface area contributed by atoms with Crippen LogP contribution in [0.4, 0.5) is 0 Å². The van der Waals surface area contributed by atoms with Crippen LogP contribution in [-0.2, 0) is 16.1 Å². The van der Waals surface area contributed by atoms with Crippen molar-refractivity contribution in [2.75, 3.05) is 6.54 Å². The number of amides is 1. The van der Waals surface area contributed by atoms with Crippen LogP contribution in [0, 0.1) is 0 Å². The second kappa shape index (κ2) is 9.68. The van der Waals surface area contributed by atoms with Gasteiger partial charge in [-0.2, -0.15) is 4.98 Å². The van der Waals surface area contributed by atoms with Crippen LogP contribution < -0.4 is 5.32 Å². The maximum atomic E-state index is 11.8. The Balaban J connectivity index is 1.39. The lowest BCUT2D eigenvalue weighted by Gasteiger charge is -2.04. The molecule has 0 aliphatic heterocycles. The van der Waals surface area contributed by atoms with Crippen molar-refractivity contribution in [3.63, 3.8) is 0 Å². The van der Waals surface area contributed by atoms with E-state index in [4.69, 9.17) is 13.7 Å². The minimum Gasteiger partial charge on any atom is -0.459 e. The first-order valence-corrected chi connectivity index (χ1v) is 9.43. The molecule has 0 saturated carbocycles. The van der Waals surface area contributed by atoms with Crippen molar-refractivity contribution >= 4 is 11.9 Å². The summed E-state index contributed by atoms with van der Waals surface area (Å²) in [6.07, 6.45) is 2.04. The van der Waals surface area contributed by atoms with E-state index in [0.29, 0.717) is 24.7 Å². The van der Waals surface area contributed by atoms with Gasteiger partial charge in [0.25, 0.3) is 11.8 Å². The maximum absolute atomic E-state index is 11.8. The summed E-state index contributed by atoms with van der Waals surface area (Å²) < 4.78 is 15.3. The summed E-state index contributed by atoms with van der Waals surface area (Å²) in [6, 6.07) is 11.1. The Labute approximate surface area is 168 Å². The lowest BCUT2D eigenvalue weighted by Crippen LogP contribution is -2.24. The summed E-state index contributed by atoms with van der Waals surface area (Å²) >= 11 is 0. The number of aromatic nitrogens is 2. The molecule has 29 heavy (non-hydrogen) atoms. The monoisotopic (exact) mass is 397 g/mol. The van der Waals surface area contributed by atoms with Gasteiger partial charge in [-0.1, -0.05) is 43.3 Å². The molecular formula is C21H23N3O5. The molecule has 0 spiro atoms. The number of carbonyl (C=O) groups excluding carboxylic acids is 2. The molecule has 8 nitrogen and oxygen atoms in total.